The second-order valence-corrected chi connectivity index (χ2v) is 7.89. The molecule has 0 saturated carbocycles. The van der Waals surface area contributed by atoms with E-state index in [4.69, 9.17) is 14.6 Å². The largest absolute Gasteiger partial charge is 0.465 e. The SMILES string of the molecule is COC(=O)c1cc(S(N)(=O)=O)ccc1NC[C@@H]1CCCO[C@H]1c1ccn[nH]1. The maximum atomic E-state index is 12.1. The monoisotopic (exact) mass is 394 g/mol. The van der Waals surface area contributed by atoms with Gasteiger partial charge in [0.15, 0.2) is 0 Å². The van der Waals surface area contributed by atoms with Gasteiger partial charge in [-0.1, -0.05) is 0 Å². The maximum absolute atomic E-state index is 12.1. The normalized spacial score (nSPS) is 20.2. The van der Waals surface area contributed by atoms with Gasteiger partial charge in [0, 0.05) is 31.0 Å². The topological polar surface area (TPSA) is 136 Å². The highest BCUT2D eigenvalue weighted by atomic mass is 32.2. The predicted octanol–water partition coefficient (Wildman–Crippen LogP) is 1.42. The van der Waals surface area contributed by atoms with E-state index in [1.807, 2.05) is 6.07 Å². The number of rotatable bonds is 6. The smallest absolute Gasteiger partial charge is 0.340 e. The van der Waals surface area contributed by atoms with Crippen molar-refractivity contribution in [2.75, 3.05) is 25.6 Å². The van der Waals surface area contributed by atoms with Gasteiger partial charge in [-0.3, -0.25) is 5.10 Å². The lowest BCUT2D eigenvalue weighted by molar-refractivity contribution is -0.0263. The minimum absolute atomic E-state index is 0.110. The first-order chi connectivity index (χ1) is 12.9. The van der Waals surface area contributed by atoms with E-state index in [0.717, 1.165) is 18.5 Å². The molecule has 0 bridgehead atoms. The molecule has 9 nitrogen and oxygen atoms in total. The number of ether oxygens (including phenoxy) is 2. The number of primary sulfonamides is 1. The van der Waals surface area contributed by atoms with Crippen LogP contribution in [0.15, 0.2) is 35.4 Å². The average Bonchev–Trinajstić information content (AvgIpc) is 3.19. The van der Waals surface area contributed by atoms with Gasteiger partial charge in [-0.25, -0.2) is 18.4 Å². The summed E-state index contributed by atoms with van der Waals surface area (Å²) in [5, 5.41) is 15.3. The maximum Gasteiger partial charge on any atom is 0.340 e. The van der Waals surface area contributed by atoms with Gasteiger partial charge in [-0.05, 0) is 37.1 Å². The van der Waals surface area contributed by atoms with E-state index in [0.29, 0.717) is 18.8 Å². The molecule has 2 atom stereocenters. The standard InChI is InChI=1S/C17H22N4O5S/c1-25-17(22)13-9-12(27(18,23)24)4-5-14(13)19-10-11-3-2-8-26-16(11)15-6-7-20-21-15/h4-7,9,11,16,19H,2-3,8,10H2,1H3,(H,20,21)(H2,18,23,24)/t11-,16+/m0/s1. The van der Waals surface area contributed by atoms with Crippen molar-refractivity contribution in [2.45, 2.75) is 23.8 Å². The van der Waals surface area contributed by atoms with E-state index in [-0.39, 0.29) is 22.5 Å². The molecule has 1 saturated heterocycles. The number of nitrogens with zero attached hydrogens (tertiary/aromatic N) is 1. The van der Waals surface area contributed by atoms with E-state index < -0.39 is 16.0 Å². The molecule has 1 aromatic heterocycles. The number of anilines is 1. The van der Waals surface area contributed by atoms with Gasteiger partial charge in [0.2, 0.25) is 10.0 Å². The molecule has 0 amide bonds. The number of methoxy groups -OCH3 is 1. The molecule has 1 aromatic carbocycles. The Morgan fingerprint density at radius 1 is 1.44 bits per heavy atom. The third-order valence-corrected chi connectivity index (χ3v) is 5.46. The van der Waals surface area contributed by atoms with E-state index in [1.54, 1.807) is 6.20 Å². The molecule has 10 heteroatoms. The van der Waals surface area contributed by atoms with Crippen LogP contribution < -0.4 is 10.5 Å². The summed E-state index contributed by atoms with van der Waals surface area (Å²) in [6.45, 7) is 1.21. The number of esters is 1. The van der Waals surface area contributed by atoms with E-state index in [1.165, 1.54) is 25.3 Å². The number of hydrogen-bond acceptors (Lipinski definition) is 7. The van der Waals surface area contributed by atoms with E-state index in [9.17, 15) is 13.2 Å². The Balaban J connectivity index is 1.81. The average molecular weight is 394 g/mol. The van der Waals surface area contributed by atoms with Crippen LogP contribution in [0.3, 0.4) is 0 Å². The highest BCUT2D eigenvalue weighted by Crippen LogP contribution is 2.33. The second-order valence-electron chi connectivity index (χ2n) is 6.33. The van der Waals surface area contributed by atoms with Gasteiger partial charge in [-0.2, -0.15) is 5.10 Å². The molecule has 0 radical (unpaired) electrons. The van der Waals surface area contributed by atoms with Crippen molar-refractivity contribution in [1.82, 2.24) is 10.2 Å². The summed E-state index contributed by atoms with van der Waals surface area (Å²) in [6, 6.07) is 5.96. The molecular formula is C17H22N4O5S. The Bertz CT molecular complexity index is 898. The fraction of sp³-hybridized carbons (Fsp3) is 0.412. The number of H-pyrrole nitrogens is 1. The van der Waals surface area contributed by atoms with Crippen LogP contribution in [0.5, 0.6) is 0 Å². The molecule has 146 valence electrons. The molecule has 2 aromatic rings. The molecule has 1 aliphatic rings. The Labute approximate surface area is 157 Å². The summed E-state index contributed by atoms with van der Waals surface area (Å²) < 4.78 is 33.8. The van der Waals surface area contributed by atoms with Crippen molar-refractivity contribution in [1.29, 1.82) is 0 Å². The van der Waals surface area contributed by atoms with Crippen LogP contribution in [-0.2, 0) is 19.5 Å². The van der Waals surface area contributed by atoms with Crippen LogP contribution in [0.1, 0.15) is 35.0 Å². The van der Waals surface area contributed by atoms with Crippen molar-refractivity contribution in [2.24, 2.45) is 11.1 Å². The molecule has 3 rings (SSSR count). The van der Waals surface area contributed by atoms with E-state index in [2.05, 4.69) is 15.5 Å². The Kier molecular flexibility index (Phi) is 5.78. The number of carbonyl (C=O) groups excluding carboxylic acids is 1. The van der Waals surface area contributed by atoms with Gasteiger partial charge in [0.05, 0.1) is 23.3 Å². The minimum Gasteiger partial charge on any atom is -0.465 e. The lowest BCUT2D eigenvalue weighted by Crippen LogP contribution is -2.29. The molecule has 0 spiro atoms. The zero-order valence-corrected chi connectivity index (χ0v) is 15.7. The summed E-state index contributed by atoms with van der Waals surface area (Å²) in [7, 11) is -2.69. The number of nitrogens with two attached hydrogens (primary N) is 1. The third kappa shape index (κ3) is 4.46. The fourth-order valence-electron chi connectivity index (χ4n) is 3.20. The zero-order chi connectivity index (χ0) is 19.4. The number of aromatic amines is 1. The molecule has 2 heterocycles. The molecule has 4 N–H and O–H groups in total. The van der Waals surface area contributed by atoms with Gasteiger partial charge >= 0.3 is 5.97 Å². The van der Waals surface area contributed by atoms with Crippen molar-refractivity contribution in [3.05, 3.63) is 41.7 Å². The van der Waals surface area contributed by atoms with Crippen LogP contribution in [0.25, 0.3) is 0 Å². The second kappa shape index (κ2) is 8.07. The molecular weight excluding hydrogens is 372 g/mol. The zero-order valence-electron chi connectivity index (χ0n) is 14.8. The molecule has 27 heavy (non-hydrogen) atoms. The fourth-order valence-corrected chi connectivity index (χ4v) is 3.74. The number of aromatic nitrogens is 2. The summed E-state index contributed by atoms with van der Waals surface area (Å²) >= 11 is 0. The highest BCUT2D eigenvalue weighted by molar-refractivity contribution is 7.89. The van der Waals surface area contributed by atoms with Gasteiger partial charge in [0.25, 0.3) is 0 Å². The summed E-state index contributed by atoms with van der Waals surface area (Å²) in [6.07, 6.45) is 3.43. The molecule has 1 fully saturated rings. The Hall–Kier alpha value is -2.43. The number of carbonyl (C=O) groups is 1. The molecule has 0 aliphatic carbocycles. The quantitative estimate of drug-likeness (QED) is 0.630. The first-order valence-corrected chi connectivity index (χ1v) is 10.0. The van der Waals surface area contributed by atoms with Crippen LogP contribution in [0.4, 0.5) is 5.69 Å². The number of sulfonamides is 1. The lowest BCUT2D eigenvalue weighted by Gasteiger charge is -2.31. The van der Waals surface area contributed by atoms with Gasteiger partial charge in [0.1, 0.15) is 6.10 Å². The first kappa shape index (κ1) is 19.3. The van der Waals surface area contributed by atoms with Crippen molar-refractivity contribution < 1.29 is 22.7 Å². The number of benzene rings is 1. The highest BCUT2D eigenvalue weighted by Gasteiger charge is 2.29. The number of hydrogen-bond donors (Lipinski definition) is 3. The molecule has 1 aliphatic heterocycles. The van der Waals surface area contributed by atoms with Crippen molar-refractivity contribution in [3.8, 4) is 0 Å². The Morgan fingerprint density at radius 2 is 2.26 bits per heavy atom. The first-order valence-electron chi connectivity index (χ1n) is 8.50. The van der Waals surface area contributed by atoms with E-state index >= 15 is 0 Å². The molecule has 0 unspecified atom stereocenters. The van der Waals surface area contributed by atoms with Crippen molar-refractivity contribution in [3.63, 3.8) is 0 Å². The number of nitrogens with one attached hydrogen (secondary N) is 2. The van der Waals surface area contributed by atoms with Crippen LogP contribution in [-0.4, -0.2) is 44.8 Å². The van der Waals surface area contributed by atoms with Gasteiger partial charge in [-0.15, -0.1) is 0 Å². The predicted molar refractivity (Wildman–Crippen MR) is 97.6 cm³/mol. The van der Waals surface area contributed by atoms with Gasteiger partial charge < -0.3 is 14.8 Å². The minimum atomic E-state index is -3.92. The van der Waals surface area contributed by atoms with Crippen molar-refractivity contribution >= 4 is 21.7 Å². The van der Waals surface area contributed by atoms with Crippen LogP contribution in [0, 0.1) is 5.92 Å². The lowest BCUT2D eigenvalue weighted by atomic mass is 9.92. The summed E-state index contributed by atoms with van der Waals surface area (Å²) in [5.41, 5.74) is 1.49. The van der Waals surface area contributed by atoms with Crippen LogP contribution >= 0.6 is 0 Å². The summed E-state index contributed by atoms with van der Waals surface area (Å²) in [4.78, 5) is 11.9. The summed E-state index contributed by atoms with van der Waals surface area (Å²) in [5.74, 6) is -0.490. The Morgan fingerprint density at radius 3 is 2.93 bits per heavy atom. The van der Waals surface area contributed by atoms with Crippen LogP contribution in [0.2, 0.25) is 0 Å². The third-order valence-electron chi connectivity index (χ3n) is 4.55.